The maximum atomic E-state index is 12.8. The number of aryl methyl sites for hydroxylation is 1. The number of carbonyl (C=O) groups is 2. The largest absolute Gasteiger partial charge is 0.456 e. The first-order chi connectivity index (χ1) is 13.1. The van der Waals surface area contributed by atoms with Crippen molar-refractivity contribution in [1.29, 1.82) is 0 Å². The summed E-state index contributed by atoms with van der Waals surface area (Å²) in [5.41, 5.74) is 2.42. The first-order valence-corrected chi connectivity index (χ1v) is 10.0. The highest BCUT2D eigenvalue weighted by molar-refractivity contribution is 7.99. The maximum absolute atomic E-state index is 12.8. The smallest absolute Gasteiger partial charge is 0.307 e. The molecule has 1 aliphatic carbocycles. The molecule has 0 aliphatic heterocycles. The van der Waals surface area contributed by atoms with Gasteiger partial charge in [-0.15, -0.1) is 11.8 Å². The molecular weight excluding hydrogens is 365 g/mol. The molecule has 142 valence electrons. The Morgan fingerprint density at radius 3 is 2.74 bits per heavy atom. The van der Waals surface area contributed by atoms with Crippen LogP contribution >= 0.6 is 11.8 Å². The van der Waals surface area contributed by atoms with Gasteiger partial charge >= 0.3 is 5.97 Å². The molecule has 6 heteroatoms. The number of ether oxygens (including phenoxy) is 1. The van der Waals surface area contributed by atoms with Crippen LogP contribution in [0.2, 0.25) is 0 Å². The predicted octanol–water partition coefficient (Wildman–Crippen LogP) is 4.04. The van der Waals surface area contributed by atoms with Crippen LogP contribution in [-0.4, -0.2) is 24.2 Å². The summed E-state index contributed by atoms with van der Waals surface area (Å²) < 4.78 is 17.9. The molecule has 27 heavy (non-hydrogen) atoms. The maximum Gasteiger partial charge on any atom is 0.307 e. The third-order valence-corrected chi connectivity index (χ3v) is 5.47. The van der Waals surface area contributed by atoms with Crippen molar-refractivity contribution in [1.82, 2.24) is 5.32 Å². The molecule has 0 aromatic heterocycles. The molecular formula is C21H22FNO3S. The van der Waals surface area contributed by atoms with Gasteiger partial charge in [-0.2, -0.15) is 0 Å². The second-order valence-electron chi connectivity index (χ2n) is 6.42. The van der Waals surface area contributed by atoms with Crippen LogP contribution in [0, 0.1) is 5.82 Å². The number of amides is 1. The lowest BCUT2D eigenvalue weighted by Gasteiger charge is -2.26. The van der Waals surface area contributed by atoms with E-state index in [1.54, 1.807) is 12.1 Å². The summed E-state index contributed by atoms with van der Waals surface area (Å²) in [5.74, 6) is -0.465. The highest BCUT2D eigenvalue weighted by atomic mass is 32.2. The number of hydrogen-bond donors (Lipinski definition) is 1. The average molecular weight is 387 g/mol. The fourth-order valence-corrected chi connectivity index (χ4v) is 3.97. The van der Waals surface area contributed by atoms with Crippen molar-refractivity contribution in [3.63, 3.8) is 0 Å². The molecule has 0 spiro atoms. The van der Waals surface area contributed by atoms with E-state index in [0.29, 0.717) is 5.75 Å². The van der Waals surface area contributed by atoms with Crippen LogP contribution in [0.5, 0.6) is 0 Å². The summed E-state index contributed by atoms with van der Waals surface area (Å²) in [6, 6.07) is 14.2. The van der Waals surface area contributed by atoms with Gasteiger partial charge in [-0.3, -0.25) is 9.59 Å². The first-order valence-electron chi connectivity index (χ1n) is 9.03. The molecule has 1 amide bonds. The molecule has 3 rings (SSSR count). The van der Waals surface area contributed by atoms with Gasteiger partial charge in [0.05, 0.1) is 12.5 Å². The molecule has 0 radical (unpaired) electrons. The zero-order chi connectivity index (χ0) is 19.1. The molecule has 2 aromatic rings. The summed E-state index contributed by atoms with van der Waals surface area (Å²) in [6.07, 6.45) is 3.15. The van der Waals surface area contributed by atoms with Gasteiger partial charge in [0, 0.05) is 10.6 Å². The molecule has 0 heterocycles. The second-order valence-corrected chi connectivity index (χ2v) is 7.59. The molecule has 0 saturated heterocycles. The Bertz CT molecular complexity index is 794. The normalized spacial score (nSPS) is 15.7. The van der Waals surface area contributed by atoms with Crippen molar-refractivity contribution in [2.75, 3.05) is 12.4 Å². The quantitative estimate of drug-likeness (QED) is 0.575. The second kappa shape index (κ2) is 9.55. The molecule has 1 atom stereocenters. The van der Waals surface area contributed by atoms with Gasteiger partial charge in [0.15, 0.2) is 6.61 Å². The van der Waals surface area contributed by atoms with E-state index in [2.05, 4.69) is 11.4 Å². The number of halogens is 1. The van der Waals surface area contributed by atoms with Crippen molar-refractivity contribution in [3.8, 4) is 0 Å². The molecule has 0 bridgehead atoms. The van der Waals surface area contributed by atoms with Crippen LogP contribution in [0.1, 0.15) is 36.4 Å². The Hall–Kier alpha value is -2.34. The van der Waals surface area contributed by atoms with Crippen LogP contribution in [0.3, 0.4) is 0 Å². The number of carbonyl (C=O) groups excluding carboxylic acids is 2. The van der Waals surface area contributed by atoms with Gasteiger partial charge in [0.1, 0.15) is 5.82 Å². The van der Waals surface area contributed by atoms with E-state index >= 15 is 0 Å². The number of hydrogen-bond acceptors (Lipinski definition) is 4. The first kappa shape index (κ1) is 19.4. The third-order valence-electron chi connectivity index (χ3n) is 4.46. The lowest BCUT2D eigenvalue weighted by molar-refractivity contribution is -0.148. The van der Waals surface area contributed by atoms with Gasteiger partial charge in [-0.25, -0.2) is 4.39 Å². The Kier molecular flexibility index (Phi) is 6.87. The topological polar surface area (TPSA) is 55.4 Å². The van der Waals surface area contributed by atoms with E-state index in [4.69, 9.17) is 4.74 Å². The predicted molar refractivity (Wildman–Crippen MR) is 103 cm³/mol. The Labute approximate surface area is 162 Å². The summed E-state index contributed by atoms with van der Waals surface area (Å²) in [7, 11) is 0. The van der Waals surface area contributed by atoms with Gasteiger partial charge in [0.2, 0.25) is 0 Å². The number of thioether (sulfide) groups is 1. The Morgan fingerprint density at radius 1 is 1.15 bits per heavy atom. The molecule has 0 fully saturated rings. The minimum Gasteiger partial charge on any atom is -0.456 e. The molecule has 1 N–H and O–H groups in total. The van der Waals surface area contributed by atoms with Gasteiger partial charge < -0.3 is 10.1 Å². The van der Waals surface area contributed by atoms with Crippen LogP contribution < -0.4 is 5.32 Å². The number of fused-ring (bicyclic) bond motifs is 1. The van der Waals surface area contributed by atoms with E-state index in [9.17, 15) is 14.0 Å². The average Bonchev–Trinajstić information content (AvgIpc) is 2.68. The number of nitrogens with one attached hydrogen (secondary N) is 1. The van der Waals surface area contributed by atoms with Crippen molar-refractivity contribution >= 4 is 23.6 Å². The van der Waals surface area contributed by atoms with E-state index in [0.717, 1.165) is 29.7 Å². The molecule has 1 unspecified atom stereocenters. The van der Waals surface area contributed by atoms with Crippen molar-refractivity contribution in [2.24, 2.45) is 0 Å². The molecule has 1 aliphatic rings. The summed E-state index contributed by atoms with van der Waals surface area (Å²) >= 11 is 1.44. The summed E-state index contributed by atoms with van der Waals surface area (Å²) in [4.78, 5) is 24.8. The van der Waals surface area contributed by atoms with E-state index < -0.39 is 5.97 Å². The SMILES string of the molecule is O=C(COC(=O)CCSc1ccc(F)cc1)NC1CCCc2ccccc21. The molecule has 2 aromatic carbocycles. The van der Waals surface area contributed by atoms with E-state index in [-0.39, 0.29) is 30.8 Å². The third kappa shape index (κ3) is 5.82. The van der Waals surface area contributed by atoms with Crippen molar-refractivity contribution in [3.05, 3.63) is 65.5 Å². The summed E-state index contributed by atoms with van der Waals surface area (Å²) in [5, 5.41) is 2.96. The van der Waals surface area contributed by atoms with E-state index in [1.165, 1.54) is 29.5 Å². The van der Waals surface area contributed by atoms with Crippen LogP contribution in [0.15, 0.2) is 53.4 Å². The number of esters is 1. The lowest BCUT2D eigenvalue weighted by Crippen LogP contribution is -2.34. The van der Waals surface area contributed by atoms with Crippen LogP contribution in [0.25, 0.3) is 0 Å². The molecule has 0 saturated carbocycles. The monoisotopic (exact) mass is 387 g/mol. The fourth-order valence-electron chi connectivity index (χ4n) is 3.14. The minimum atomic E-state index is -0.413. The zero-order valence-electron chi connectivity index (χ0n) is 14.9. The van der Waals surface area contributed by atoms with Crippen LogP contribution in [-0.2, 0) is 20.7 Å². The Balaban J connectivity index is 1.38. The summed E-state index contributed by atoms with van der Waals surface area (Å²) in [6.45, 7) is -0.265. The highest BCUT2D eigenvalue weighted by Crippen LogP contribution is 2.29. The minimum absolute atomic E-state index is 0.0183. The Morgan fingerprint density at radius 2 is 1.93 bits per heavy atom. The highest BCUT2D eigenvalue weighted by Gasteiger charge is 2.21. The van der Waals surface area contributed by atoms with Crippen molar-refractivity contribution in [2.45, 2.75) is 36.6 Å². The van der Waals surface area contributed by atoms with Gasteiger partial charge in [-0.05, 0) is 54.7 Å². The van der Waals surface area contributed by atoms with Crippen molar-refractivity contribution < 1.29 is 18.7 Å². The van der Waals surface area contributed by atoms with Gasteiger partial charge in [-0.1, -0.05) is 24.3 Å². The number of benzene rings is 2. The zero-order valence-corrected chi connectivity index (χ0v) is 15.8. The van der Waals surface area contributed by atoms with E-state index in [1.807, 2.05) is 18.2 Å². The molecule has 4 nitrogen and oxygen atoms in total. The number of rotatable bonds is 7. The lowest BCUT2D eigenvalue weighted by atomic mass is 9.88. The standard InChI is InChI=1S/C21H22FNO3S/c22-16-8-10-17(11-9-16)27-13-12-21(25)26-14-20(24)23-19-7-3-5-15-4-1-2-6-18(15)19/h1-2,4,6,8-11,19H,3,5,7,12-14H2,(H,23,24). The van der Waals surface area contributed by atoms with Gasteiger partial charge in [0.25, 0.3) is 5.91 Å². The van der Waals surface area contributed by atoms with Crippen LogP contribution in [0.4, 0.5) is 4.39 Å². The fraction of sp³-hybridized carbons (Fsp3) is 0.333.